The van der Waals surface area contributed by atoms with Gasteiger partial charge in [-0.2, -0.15) is 0 Å². The third-order valence-corrected chi connectivity index (χ3v) is 5.88. The number of aliphatic hydroxyl groups excluding tert-OH is 1. The maximum atomic E-state index is 13.9. The van der Waals surface area contributed by atoms with Crippen LogP contribution in [0.3, 0.4) is 0 Å². The quantitative estimate of drug-likeness (QED) is 0.487. The number of halogens is 3. The third kappa shape index (κ3) is 3.96. The van der Waals surface area contributed by atoms with E-state index in [0.717, 1.165) is 22.3 Å². The molecular formula is C22H20Cl2FN3O2. The lowest BCUT2D eigenvalue weighted by molar-refractivity contribution is 0.165. The average molecular weight is 448 g/mol. The van der Waals surface area contributed by atoms with Crippen molar-refractivity contribution in [2.45, 2.75) is 25.7 Å². The van der Waals surface area contributed by atoms with Crippen LogP contribution in [0.4, 0.5) is 10.2 Å². The maximum Gasteiger partial charge on any atom is 0.166 e. The second-order valence-electron chi connectivity index (χ2n) is 7.18. The first-order chi connectivity index (χ1) is 14.3. The molecular weight excluding hydrogens is 428 g/mol. The van der Waals surface area contributed by atoms with E-state index in [0.29, 0.717) is 29.4 Å². The second kappa shape index (κ2) is 8.40. The van der Waals surface area contributed by atoms with Gasteiger partial charge in [-0.3, -0.25) is 0 Å². The minimum atomic E-state index is -0.656. The van der Waals surface area contributed by atoms with Gasteiger partial charge >= 0.3 is 0 Å². The molecule has 4 rings (SSSR count). The summed E-state index contributed by atoms with van der Waals surface area (Å²) in [6.45, 7) is 2.94. The van der Waals surface area contributed by atoms with Crippen LogP contribution >= 0.6 is 23.2 Å². The number of anilines is 1. The van der Waals surface area contributed by atoms with Gasteiger partial charge in [0, 0.05) is 35.4 Å². The fraction of sp³-hybridized carbons (Fsp3) is 0.227. The standard InChI is InChI=1S/C22H20Cl2FN3O2/c1-11(20-16(23)4-5-17(25)21(20)24)30-19-7-14(9-28-22(19)26)12-2-3-13-8-27-10-18(29)15(13)6-12/h2-7,9,11,18,27,29H,8,10H2,1H3,(H2,26,28). The summed E-state index contributed by atoms with van der Waals surface area (Å²) in [4.78, 5) is 4.23. The van der Waals surface area contributed by atoms with Crippen molar-refractivity contribution >= 4 is 29.0 Å². The average Bonchev–Trinajstić information content (AvgIpc) is 2.73. The van der Waals surface area contributed by atoms with E-state index >= 15 is 0 Å². The number of nitrogens with zero attached hydrogens (tertiary/aromatic N) is 1. The number of nitrogens with one attached hydrogen (secondary N) is 1. The van der Waals surface area contributed by atoms with Crippen LogP contribution in [0.1, 0.15) is 35.8 Å². The number of β-amino-alcohol motifs (C(OH)–C–C–N with tert-alkyl or cyclic N) is 1. The summed E-state index contributed by atoms with van der Waals surface area (Å²) < 4.78 is 19.8. The number of hydrogen-bond donors (Lipinski definition) is 3. The third-order valence-electron chi connectivity index (χ3n) is 5.16. The number of ether oxygens (including phenoxy) is 1. The van der Waals surface area contributed by atoms with Gasteiger partial charge in [0.1, 0.15) is 11.9 Å². The Balaban J connectivity index is 1.66. The molecule has 30 heavy (non-hydrogen) atoms. The molecule has 0 saturated carbocycles. The molecule has 8 heteroatoms. The molecule has 0 radical (unpaired) electrons. The van der Waals surface area contributed by atoms with Crippen LogP contribution in [-0.2, 0) is 6.54 Å². The number of aliphatic hydroxyl groups is 1. The van der Waals surface area contributed by atoms with Gasteiger partial charge in [0.15, 0.2) is 11.6 Å². The molecule has 0 fully saturated rings. The lowest BCUT2D eigenvalue weighted by Crippen LogP contribution is -2.27. The van der Waals surface area contributed by atoms with Gasteiger partial charge in [-0.25, -0.2) is 9.37 Å². The zero-order chi connectivity index (χ0) is 21.4. The van der Waals surface area contributed by atoms with Crippen LogP contribution in [-0.4, -0.2) is 16.6 Å². The minimum absolute atomic E-state index is 0.0880. The highest BCUT2D eigenvalue weighted by Gasteiger charge is 2.21. The summed E-state index contributed by atoms with van der Waals surface area (Å²) in [7, 11) is 0. The summed E-state index contributed by atoms with van der Waals surface area (Å²) in [6, 6.07) is 10.3. The number of hydrogen-bond acceptors (Lipinski definition) is 5. The van der Waals surface area contributed by atoms with Crippen molar-refractivity contribution in [3.05, 3.63) is 75.1 Å². The fourth-order valence-corrected chi connectivity index (χ4v) is 4.25. The Kier molecular flexibility index (Phi) is 5.84. The predicted octanol–water partition coefficient (Wildman–Crippen LogP) is 5.05. The summed E-state index contributed by atoms with van der Waals surface area (Å²) in [6.07, 6.45) is 0.421. The van der Waals surface area contributed by atoms with Gasteiger partial charge in [-0.1, -0.05) is 35.3 Å². The van der Waals surface area contributed by atoms with Crippen LogP contribution in [0.2, 0.25) is 10.0 Å². The highest BCUT2D eigenvalue weighted by atomic mass is 35.5. The van der Waals surface area contributed by atoms with Crippen molar-refractivity contribution in [1.82, 2.24) is 10.3 Å². The van der Waals surface area contributed by atoms with Crippen molar-refractivity contribution < 1.29 is 14.2 Å². The first-order valence-electron chi connectivity index (χ1n) is 9.42. The molecule has 1 aliphatic heterocycles. The molecule has 1 aliphatic rings. The van der Waals surface area contributed by atoms with Crippen molar-refractivity contribution in [3.8, 4) is 16.9 Å². The fourth-order valence-electron chi connectivity index (χ4n) is 3.57. The maximum absolute atomic E-state index is 13.9. The van der Waals surface area contributed by atoms with Crippen LogP contribution < -0.4 is 15.8 Å². The minimum Gasteiger partial charge on any atom is -0.482 e. The SMILES string of the molecule is CC(Oc1cc(-c2ccc3c(c2)C(O)CNC3)cnc1N)c1c(Cl)ccc(F)c1Cl. The molecule has 0 aliphatic carbocycles. The van der Waals surface area contributed by atoms with Crippen molar-refractivity contribution in [3.63, 3.8) is 0 Å². The largest absolute Gasteiger partial charge is 0.482 e. The highest BCUT2D eigenvalue weighted by molar-refractivity contribution is 6.36. The number of fused-ring (bicyclic) bond motifs is 1. The molecule has 2 heterocycles. The predicted molar refractivity (Wildman–Crippen MR) is 116 cm³/mol. The molecule has 5 nitrogen and oxygen atoms in total. The monoisotopic (exact) mass is 447 g/mol. The van der Waals surface area contributed by atoms with E-state index in [-0.39, 0.29) is 10.8 Å². The van der Waals surface area contributed by atoms with E-state index in [1.807, 2.05) is 18.2 Å². The number of nitrogen functional groups attached to an aromatic ring is 1. The smallest absolute Gasteiger partial charge is 0.166 e. The molecule has 0 bridgehead atoms. The Hall–Kier alpha value is -2.38. The van der Waals surface area contributed by atoms with E-state index in [1.54, 1.807) is 19.2 Å². The van der Waals surface area contributed by atoms with Crippen molar-refractivity contribution in [2.75, 3.05) is 12.3 Å². The van der Waals surface area contributed by atoms with E-state index in [9.17, 15) is 9.50 Å². The van der Waals surface area contributed by atoms with Crippen LogP contribution in [0, 0.1) is 5.82 Å². The zero-order valence-electron chi connectivity index (χ0n) is 16.1. The topological polar surface area (TPSA) is 80.4 Å². The molecule has 2 aromatic carbocycles. The van der Waals surface area contributed by atoms with Gasteiger partial charge in [0.05, 0.1) is 11.1 Å². The van der Waals surface area contributed by atoms with Crippen LogP contribution in [0.25, 0.3) is 11.1 Å². The van der Waals surface area contributed by atoms with Gasteiger partial charge in [-0.05, 0) is 47.9 Å². The molecule has 4 N–H and O–H groups in total. The van der Waals surface area contributed by atoms with Crippen LogP contribution in [0.5, 0.6) is 5.75 Å². The molecule has 1 aromatic heterocycles. The van der Waals surface area contributed by atoms with E-state index in [4.69, 9.17) is 33.7 Å². The lowest BCUT2D eigenvalue weighted by atomic mass is 9.94. The van der Waals surface area contributed by atoms with Crippen molar-refractivity contribution in [1.29, 1.82) is 0 Å². The lowest BCUT2D eigenvalue weighted by Gasteiger charge is -2.23. The zero-order valence-corrected chi connectivity index (χ0v) is 17.6. The van der Waals surface area contributed by atoms with Gasteiger partial charge in [-0.15, -0.1) is 0 Å². The number of pyridine rings is 1. The summed E-state index contributed by atoms with van der Waals surface area (Å²) in [5.74, 6) is -0.0544. The first kappa shape index (κ1) is 20.9. The number of rotatable bonds is 4. The van der Waals surface area contributed by atoms with Crippen LogP contribution in [0.15, 0.2) is 42.6 Å². The van der Waals surface area contributed by atoms with Crippen molar-refractivity contribution in [2.24, 2.45) is 0 Å². The second-order valence-corrected chi connectivity index (χ2v) is 7.97. The number of nitrogens with two attached hydrogens (primary N) is 1. The number of benzene rings is 2. The van der Waals surface area contributed by atoms with E-state index < -0.39 is 18.0 Å². The molecule has 2 atom stereocenters. The molecule has 156 valence electrons. The molecule has 3 aromatic rings. The molecule has 0 spiro atoms. The Labute approximate surface area is 183 Å². The number of aromatic nitrogens is 1. The van der Waals surface area contributed by atoms with Gasteiger partial charge in [0.2, 0.25) is 0 Å². The Morgan fingerprint density at radius 2 is 2.03 bits per heavy atom. The first-order valence-corrected chi connectivity index (χ1v) is 10.2. The van der Waals surface area contributed by atoms with E-state index in [2.05, 4.69) is 10.3 Å². The summed E-state index contributed by atoms with van der Waals surface area (Å²) in [5, 5.41) is 13.7. The van der Waals surface area contributed by atoms with Gasteiger partial charge < -0.3 is 20.9 Å². The summed E-state index contributed by atoms with van der Waals surface area (Å²) in [5.41, 5.74) is 9.94. The van der Waals surface area contributed by atoms with E-state index in [1.165, 1.54) is 12.1 Å². The molecule has 2 unspecified atom stereocenters. The Morgan fingerprint density at radius 1 is 1.23 bits per heavy atom. The normalized spacial score (nSPS) is 16.8. The molecule has 0 amide bonds. The highest BCUT2D eigenvalue weighted by Crippen LogP contribution is 2.37. The Bertz CT molecular complexity index is 1110. The molecule has 0 saturated heterocycles. The summed E-state index contributed by atoms with van der Waals surface area (Å²) >= 11 is 12.3. The Morgan fingerprint density at radius 3 is 2.83 bits per heavy atom. The van der Waals surface area contributed by atoms with Gasteiger partial charge in [0.25, 0.3) is 0 Å².